The standard InChI is InChI=1S/C17H13N3/c18-15-6-8-19-16-4-3-12(9-14(15)16)13-2-1-11-5-7-20-17(11)10-13/h1-10,20H,(H2,18,19). The molecule has 0 amide bonds. The molecule has 0 radical (unpaired) electrons. The van der Waals surface area contributed by atoms with Gasteiger partial charge in [-0.2, -0.15) is 0 Å². The van der Waals surface area contributed by atoms with E-state index in [0.717, 1.165) is 27.7 Å². The Hall–Kier alpha value is -2.81. The fraction of sp³-hybridized carbons (Fsp3) is 0. The van der Waals surface area contributed by atoms with Gasteiger partial charge in [-0.25, -0.2) is 0 Å². The van der Waals surface area contributed by atoms with Gasteiger partial charge in [0, 0.05) is 29.0 Å². The van der Waals surface area contributed by atoms with Crippen LogP contribution in [0.2, 0.25) is 0 Å². The van der Waals surface area contributed by atoms with Gasteiger partial charge in [-0.3, -0.25) is 4.98 Å². The third-order valence-corrected chi connectivity index (χ3v) is 3.66. The second kappa shape index (κ2) is 4.10. The van der Waals surface area contributed by atoms with Gasteiger partial charge in [0.05, 0.1) is 5.52 Å². The Bertz CT molecular complexity index is 922. The maximum atomic E-state index is 6.03. The molecule has 0 aliphatic carbocycles. The van der Waals surface area contributed by atoms with Gasteiger partial charge >= 0.3 is 0 Å². The second-order valence-electron chi connectivity index (χ2n) is 4.91. The van der Waals surface area contributed by atoms with E-state index in [4.69, 9.17) is 5.73 Å². The van der Waals surface area contributed by atoms with E-state index in [1.807, 2.05) is 18.3 Å². The molecule has 0 aliphatic rings. The molecule has 0 saturated carbocycles. The fourth-order valence-electron chi connectivity index (χ4n) is 2.57. The molecule has 4 aromatic rings. The molecule has 0 bridgehead atoms. The van der Waals surface area contributed by atoms with Crippen LogP contribution in [0.1, 0.15) is 0 Å². The number of H-pyrrole nitrogens is 1. The van der Waals surface area contributed by atoms with Crippen molar-refractivity contribution in [1.82, 2.24) is 9.97 Å². The lowest BCUT2D eigenvalue weighted by Crippen LogP contribution is -1.89. The molecule has 4 rings (SSSR count). The van der Waals surface area contributed by atoms with E-state index in [-0.39, 0.29) is 0 Å². The number of pyridine rings is 1. The first kappa shape index (κ1) is 11.1. The molecule has 96 valence electrons. The zero-order chi connectivity index (χ0) is 13.5. The summed E-state index contributed by atoms with van der Waals surface area (Å²) >= 11 is 0. The number of aromatic amines is 1. The van der Waals surface area contributed by atoms with E-state index in [1.54, 1.807) is 6.20 Å². The number of fused-ring (bicyclic) bond motifs is 2. The van der Waals surface area contributed by atoms with Crippen LogP contribution >= 0.6 is 0 Å². The average molecular weight is 259 g/mol. The molecule has 0 aliphatic heterocycles. The molecule has 0 atom stereocenters. The normalized spacial score (nSPS) is 11.2. The summed E-state index contributed by atoms with van der Waals surface area (Å²) in [6.07, 6.45) is 3.69. The molecule has 0 fully saturated rings. The van der Waals surface area contributed by atoms with Crippen LogP contribution in [-0.4, -0.2) is 9.97 Å². The minimum atomic E-state index is 0.762. The van der Waals surface area contributed by atoms with Crippen LogP contribution in [-0.2, 0) is 0 Å². The zero-order valence-corrected chi connectivity index (χ0v) is 10.8. The first-order valence-corrected chi connectivity index (χ1v) is 6.53. The highest BCUT2D eigenvalue weighted by atomic mass is 14.7. The van der Waals surface area contributed by atoms with E-state index in [9.17, 15) is 0 Å². The summed E-state index contributed by atoms with van der Waals surface area (Å²) in [5.41, 5.74) is 11.2. The molecule has 0 spiro atoms. The summed E-state index contributed by atoms with van der Waals surface area (Å²) in [7, 11) is 0. The third kappa shape index (κ3) is 1.64. The average Bonchev–Trinajstić information content (AvgIpc) is 2.95. The molecule has 2 aromatic carbocycles. The monoisotopic (exact) mass is 259 g/mol. The largest absolute Gasteiger partial charge is 0.398 e. The number of nitrogens with one attached hydrogen (secondary N) is 1. The Labute approximate surface area is 116 Å². The number of rotatable bonds is 1. The van der Waals surface area contributed by atoms with E-state index in [1.165, 1.54) is 10.9 Å². The molecule has 0 unspecified atom stereocenters. The highest BCUT2D eigenvalue weighted by Crippen LogP contribution is 2.28. The van der Waals surface area contributed by atoms with Gasteiger partial charge in [-0.05, 0) is 46.8 Å². The Balaban J connectivity index is 1.94. The van der Waals surface area contributed by atoms with Crippen LogP contribution in [0.15, 0.2) is 60.9 Å². The van der Waals surface area contributed by atoms with Crippen LogP contribution in [0.3, 0.4) is 0 Å². The number of hydrogen-bond acceptors (Lipinski definition) is 2. The summed E-state index contributed by atoms with van der Waals surface area (Å²) in [6.45, 7) is 0. The number of hydrogen-bond donors (Lipinski definition) is 2. The topological polar surface area (TPSA) is 54.7 Å². The van der Waals surface area contributed by atoms with Crippen molar-refractivity contribution in [3.8, 4) is 11.1 Å². The maximum absolute atomic E-state index is 6.03. The van der Waals surface area contributed by atoms with Crippen molar-refractivity contribution in [2.45, 2.75) is 0 Å². The van der Waals surface area contributed by atoms with Gasteiger partial charge in [-0.1, -0.05) is 18.2 Å². The molecule has 2 aromatic heterocycles. The molecule has 3 heteroatoms. The summed E-state index contributed by atoms with van der Waals surface area (Å²) in [6, 6.07) is 16.5. The summed E-state index contributed by atoms with van der Waals surface area (Å²) in [5, 5.41) is 2.22. The van der Waals surface area contributed by atoms with Crippen molar-refractivity contribution in [2.75, 3.05) is 5.73 Å². The highest BCUT2D eigenvalue weighted by molar-refractivity contribution is 5.94. The Kier molecular flexibility index (Phi) is 2.27. The quantitative estimate of drug-likeness (QED) is 0.543. The Morgan fingerprint density at radius 1 is 0.900 bits per heavy atom. The van der Waals surface area contributed by atoms with Crippen molar-refractivity contribution in [2.24, 2.45) is 0 Å². The van der Waals surface area contributed by atoms with E-state index >= 15 is 0 Å². The van der Waals surface area contributed by atoms with Crippen molar-refractivity contribution in [3.63, 3.8) is 0 Å². The van der Waals surface area contributed by atoms with Gasteiger partial charge in [-0.15, -0.1) is 0 Å². The number of benzene rings is 2. The van der Waals surface area contributed by atoms with Gasteiger partial charge in [0.1, 0.15) is 0 Å². The van der Waals surface area contributed by atoms with Crippen LogP contribution in [0.4, 0.5) is 5.69 Å². The van der Waals surface area contributed by atoms with Gasteiger partial charge in [0.25, 0.3) is 0 Å². The maximum Gasteiger partial charge on any atom is 0.0723 e. The number of anilines is 1. The number of aromatic nitrogens is 2. The predicted octanol–water partition coefficient (Wildman–Crippen LogP) is 3.97. The minimum Gasteiger partial charge on any atom is -0.398 e. The van der Waals surface area contributed by atoms with Crippen LogP contribution < -0.4 is 5.73 Å². The first-order chi connectivity index (χ1) is 9.81. The Morgan fingerprint density at radius 2 is 1.75 bits per heavy atom. The van der Waals surface area contributed by atoms with Crippen molar-refractivity contribution < 1.29 is 0 Å². The van der Waals surface area contributed by atoms with Gasteiger partial charge in [0.2, 0.25) is 0 Å². The number of nitrogen functional groups attached to an aromatic ring is 1. The molecular formula is C17H13N3. The van der Waals surface area contributed by atoms with Crippen molar-refractivity contribution >= 4 is 27.5 Å². The smallest absolute Gasteiger partial charge is 0.0723 e. The molecule has 0 saturated heterocycles. The minimum absolute atomic E-state index is 0.762. The van der Waals surface area contributed by atoms with E-state index in [2.05, 4.69) is 46.4 Å². The van der Waals surface area contributed by atoms with E-state index in [0.29, 0.717) is 0 Å². The predicted molar refractivity (Wildman–Crippen MR) is 83.4 cm³/mol. The molecular weight excluding hydrogens is 246 g/mol. The fourth-order valence-corrected chi connectivity index (χ4v) is 2.57. The van der Waals surface area contributed by atoms with Crippen LogP contribution in [0.5, 0.6) is 0 Å². The molecule has 3 nitrogen and oxygen atoms in total. The van der Waals surface area contributed by atoms with Crippen LogP contribution in [0, 0.1) is 0 Å². The highest BCUT2D eigenvalue weighted by Gasteiger charge is 2.04. The SMILES string of the molecule is Nc1ccnc2ccc(-c3ccc4cc[nH]c4c3)cc12. The number of nitrogens with two attached hydrogens (primary N) is 1. The molecule has 3 N–H and O–H groups in total. The zero-order valence-electron chi connectivity index (χ0n) is 10.8. The van der Waals surface area contributed by atoms with Gasteiger partial charge < -0.3 is 10.7 Å². The lowest BCUT2D eigenvalue weighted by molar-refractivity contribution is 1.41. The summed E-state index contributed by atoms with van der Waals surface area (Å²) in [5.74, 6) is 0. The van der Waals surface area contributed by atoms with E-state index < -0.39 is 0 Å². The lowest BCUT2D eigenvalue weighted by atomic mass is 10.0. The van der Waals surface area contributed by atoms with Crippen LogP contribution in [0.25, 0.3) is 32.9 Å². The van der Waals surface area contributed by atoms with Crippen molar-refractivity contribution in [3.05, 3.63) is 60.9 Å². The molecule has 20 heavy (non-hydrogen) atoms. The third-order valence-electron chi connectivity index (χ3n) is 3.66. The number of nitrogens with zero attached hydrogens (tertiary/aromatic N) is 1. The van der Waals surface area contributed by atoms with Gasteiger partial charge in [0.15, 0.2) is 0 Å². The second-order valence-corrected chi connectivity index (χ2v) is 4.91. The molecule has 2 heterocycles. The Morgan fingerprint density at radius 3 is 2.70 bits per heavy atom. The summed E-state index contributed by atoms with van der Waals surface area (Å²) in [4.78, 5) is 7.57. The first-order valence-electron chi connectivity index (χ1n) is 6.53. The van der Waals surface area contributed by atoms with Crippen molar-refractivity contribution in [1.29, 1.82) is 0 Å². The summed E-state index contributed by atoms with van der Waals surface area (Å²) < 4.78 is 0. The lowest BCUT2D eigenvalue weighted by Gasteiger charge is -2.06.